The number of Topliss-reactive ketones (excluding diaryl/α,β-unsaturated/α-hetero) is 2. The summed E-state index contributed by atoms with van der Waals surface area (Å²) in [5, 5.41) is 91.0. The van der Waals surface area contributed by atoms with Crippen LogP contribution in [0.5, 0.6) is 86.2 Å². The molecule has 87 heavy (non-hydrogen) atoms. The van der Waals surface area contributed by atoms with Crippen molar-refractivity contribution in [3.63, 3.8) is 0 Å². The minimum Gasteiger partial charge on any atom is -0.507 e. The third kappa shape index (κ3) is 9.19. The molecule has 0 aliphatic carbocycles. The molecule has 0 radical (unpaired) electrons. The third-order valence-corrected chi connectivity index (χ3v) is 15.7. The zero-order valence-electron chi connectivity index (χ0n) is 46.8. The van der Waals surface area contributed by atoms with Gasteiger partial charge in [0.15, 0.2) is 33.9 Å². The van der Waals surface area contributed by atoms with Gasteiger partial charge in [0, 0.05) is 75.3 Å². The quantitative estimate of drug-likeness (QED) is 0.0563. The molecule has 2 aromatic heterocycles. The first kappa shape index (κ1) is 56.0. The Morgan fingerprint density at radius 1 is 0.402 bits per heavy atom. The van der Waals surface area contributed by atoms with Gasteiger partial charge in [-0.3, -0.25) is 19.2 Å². The molecule has 440 valence electrons. The standard InChI is InChI=1S/C66H50O21/c1-27-46(81-4)25-53-56(62(27)75)38(69)19-47(86-53)28-7-11-36(67)32(15-28)34-17-30(9-13-44(34)79-2)49-20-39(70)57-51(84-49)23-42(73)60(63(57)76)61-43(74)24-52-58(64(61)77)40(71)21-50(85-52)31-10-14-45(80-3)35(18-31)33-16-29(8-12-37(33)68)48-22-41(72)59-54(87-48)26-55(82-5)66(83-6)65(59)78/h7-19,22-26,49-50,67-68,73-78H,20-21H2,1-6H3. The molecule has 2 atom stereocenters. The fraction of sp³-hybridized carbons (Fsp3) is 0.152. The normalized spacial score (nSPS) is 14.5. The summed E-state index contributed by atoms with van der Waals surface area (Å²) >= 11 is 0. The van der Waals surface area contributed by atoms with Gasteiger partial charge in [0.05, 0.1) is 59.5 Å². The lowest BCUT2D eigenvalue weighted by Crippen LogP contribution is -2.21. The lowest BCUT2D eigenvalue weighted by molar-refractivity contribution is 0.0834. The van der Waals surface area contributed by atoms with Gasteiger partial charge in [-0.15, -0.1) is 0 Å². The number of phenolic OH excluding ortho intramolecular Hbond substituents is 8. The molecule has 2 aliphatic rings. The second-order valence-corrected chi connectivity index (χ2v) is 20.5. The van der Waals surface area contributed by atoms with Crippen molar-refractivity contribution in [3.05, 3.63) is 157 Å². The minimum atomic E-state index is -1.06. The number of ketones is 2. The molecule has 21 nitrogen and oxygen atoms in total. The van der Waals surface area contributed by atoms with Gasteiger partial charge in [0.2, 0.25) is 5.75 Å². The molecule has 10 aromatic rings. The van der Waals surface area contributed by atoms with Crippen LogP contribution in [0, 0.1) is 6.92 Å². The summed E-state index contributed by atoms with van der Waals surface area (Å²) in [6.45, 7) is 1.60. The van der Waals surface area contributed by atoms with Crippen molar-refractivity contribution < 1.29 is 92.4 Å². The van der Waals surface area contributed by atoms with E-state index >= 15 is 0 Å². The number of carbonyl (C=O) groups is 2. The molecular weight excluding hydrogens is 1130 g/mol. The van der Waals surface area contributed by atoms with E-state index in [2.05, 4.69) is 0 Å². The van der Waals surface area contributed by atoms with Gasteiger partial charge in [-0.05, 0) is 78.7 Å². The fourth-order valence-electron chi connectivity index (χ4n) is 11.4. The van der Waals surface area contributed by atoms with Gasteiger partial charge in [-0.2, -0.15) is 0 Å². The smallest absolute Gasteiger partial charge is 0.204 e. The lowest BCUT2D eigenvalue weighted by atomic mass is 9.88. The number of carbonyl (C=O) groups excluding carboxylic acids is 2. The highest BCUT2D eigenvalue weighted by atomic mass is 16.5. The molecule has 0 fully saturated rings. The van der Waals surface area contributed by atoms with E-state index in [9.17, 15) is 60.0 Å². The van der Waals surface area contributed by atoms with E-state index in [0.29, 0.717) is 50.4 Å². The van der Waals surface area contributed by atoms with Crippen LogP contribution in [0.15, 0.2) is 128 Å². The number of phenols is 8. The van der Waals surface area contributed by atoms with Gasteiger partial charge >= 0.3 is 0 Å². The highest BCUT2D eigenvalue weighted by molar-refractivity contribution is 6.09. The van der Waals surface area contributed by atoms with E-state index in [0.717, 1.165) is 12.1 Å². The highest BCUT2D eigenvalue weighted by Crippen LogP contribution is 2.57. The van der Waals surface area contributed by atoms with Gasteiger partial charge in [0.1, 0.15) is 126 Å². The van der Waals surface area contributed by atoms with Crippen LogP contribution < -0.4 is 44.0 Å². The van der Waals surface area contributed by atoms with Gasteiger partial charge in [0.25, 0.3) is 0 Å². The summed E-state index contributed by atoms with van der Waals surface area (Å²) in [5.41, 5.74) is -0.104. The van der Waals surface area contributed by atoms with Crippen LogP contribution in [-0.4, -0.2) is 88.0 Å². The van der Waals surface area contributed by atoms with Crippen molar-refractivity contribution in [1.82, 2.24) is 0 Å². The largest absolute Gasteiger partial charge is 0.507 e. The van der Waals surface area contributed by atoms with Gasteiger partial charge in [-0.25, -0.2) is 0 Å². The third-order valence-electron chi connectivity index (χ3n) is 15.7. The summed E-state index contributed by atoms with van der Waals surface area (Å²) in [5.74, 6) is -5.18. The van der Waals surface area contributed by atoms with Crippen LogP contribution >= 0.6 is 0 Å². The Hall–Kier alpha value is -11.5. The average molecular weight is 1180 g/mol. The Bertz CT molecular complexity index is 4730. The monoisotopic (exact) mass is 1180 g/mol. The molecule has 8 N–H and O–H groups in total. The predicted octanol–water partition coefficient (Wildman–Crippen LogP) is 11.6. The average Bonchev–Trinajstić information content (AvgIpc) is 1.02. The number of hydrogen-bond donors (Lipinski definition) is 8. The zero-order chi connectivity index (χ0) is 61.6. The van der Waals surface area contributed by atoms with Crippen LogP contribution in [0.2, 0.25) is 0 Å². The maximum Gasteiger partial charge on any atom is 0.204 e. The van der Waals surface area contributed by atoms with E-state index < -0.39 is 85.6 Å². The lowest BCUT2D eigenvalue weighted by Gasteiger charge is -2.29. The summed E-state index contributed by atoms with van der Waals surface area (Å²) in [4.78, 5) is 55.2. The Balaban J connectivity index is 0.832. The Labute approximate surface area is 491 Å². The molecule has 0 spiro atoms. The molecule has 0 bridgehead atoms. The Morgan fingerprint density at radius 2 is 0.828 bits per heavy atom. The van der Waals surface area contributed by atoms with Crippen molar-refractivity contribution in [2.45, 2.75) is 32.0 Å². The highest BCUT2D eigenvalue weighted by Gasteiger charge is 2.39. The van der Waals surface area contributed by atoms with E-state index in [-0.39, 0.29) is 103 Å². The molecule has 8 aromatic carbocycles. The van der Waals surface area contributed by atoms with E-state index in [1.165, 1.54) is 84.1 Å². The van der Waals surface area contributed by atoms with Crippen LogP contribution in [-0.2, 0) is 0 Å². The number of benzene rings is 8. The number of aromatic hydroxyl groups is 8. The maximum atomic E-state index is 14.2. The number of fused-ring (bicyclic) bond motifs is 4. The van der Waals surface area contributed by atoms with E-state index in [1.54, 1.807) is 55.5 Å². The molecule has 4 heterocycles. The van der Waals surface area contributed by atoms with Crippen LogP contribution in [0.1, 0.15) is 62.5 Å². The summed E-state index contributed by atoms with van der Waals surface area (Å²) in [6, 6.07) is 25.9. The van der Waals surface area contributed by atoms with Crippen LogP contribution in [0.4, 0.5) is 0 Å². The minimum absolute atomic E-state index is 0.00682. The SMILES string of the molecule is COc1ccc(C2CC(=O)c3c(cc(O)c(-c4c(O)cc5c(c4O)C(=O)CC(c4ccc(OC)c(-c6cc(-c7cc(=O)c8c(O)c(OC)c(OC)cc8o7)ccc6O)c4)O5)c3O)O2)cc1-c1cc(-c2cc(=O)c3c(O)c(C)c(OC)cc3o2)ccc1O. The second kappa shape index (κ2) is 21.3. The first-order chi connectivity index (χ1) is 41.7. The van der Waals surface area contributed by atoms with Crippen molar-refractivity contribution in [2.75, 3.05) is 35.5 Å². The summed E-state index contributed by atoms with van der Waals surface area (Å²) in [7, 11) is 6.91. The van der Waals surface area contributed by atoms with E-state index in [4.69, 9.17) is 42.0 Å². The van der Waals surface area contributed by atoms with Crippen molar-refractivity contribution >= 4 is 33.5 Å². The number of hydrogen-bond acceptors (Lipinski definition) is 21. The van der Waals surface area contributed by atoms with Gasteiger partial charge < -0.3 is 82.8 Å². The maximum absolute atomic E-state index is 14.2. The molecule has 0 amide bonds. The molecule has 21 heteroatoms. The van der Waals surface area contributed by atoms with Gasteiger partial charge in [-0.1, -0.05) is 12.1 Å². The van der Waals surface area contributed by atoms with Crippen LogP contribution in [0.25, 0.3) is 78.0 Å². The molecule has 0 saturated heterocycles. The van der Waals surface area contributed by atoms with Crippen LogP contribution in [0.3, 0.4) is 0 Å². The summed E-state index contributed by atoms with van der Waals surface area (Å²) in [6.07, 6.45) is -2.87. The summed E-state index contributed by atoms with van der Waals surface area (Å²) < 4.78 is 52.1. The van der Waals surface area contributed by atoms with Crippen molar-refractivity contribution in [2.24, 2.45) is 0 Å². The number of ether oxygens (including phenoxy) is 7. The second-order valence-electron chi connectivity index (χ2n) is 20.5. The Kier molecular flexibility index (Phi) is 13.7. The first-order valence-corrected chi connectivity index (χ1v) is 26.6. The molecule has 0 saturated carbocycles. The molecule has 2 aliphatic heterocycles. The predicted molar refractivity (Wildman–Crippen MR) is 314 cm³/mol. The zero-order valence-corrected chi connectivity index (χ0v) is 46.8. The molecule has 12 rings (SSSR count). The Morgan fingerprint density at radius 3 is 1.25 bits per heavy atom. The van der Waals surface area contributed by atoms with E-state index in [1.807, 2.05) is 0 Å². The topological polar surface area (TPSA) is 321 Å². The molecule has 2 unspecified atom stereocenters. The number of methoxy groups -OCH3 is 5. The van der Waals surface area contributed by atoms with Crippen molar-refractivity contribution in [3.8, 4) is 142 Å². The number of rotatable bonds is 12. The van der Waals surface area contributed by atoms with Crippen molar-refractivity contribution in [1.29, 1.82) is 0 Å². The molecular formula is C66H50O21. The first-order valence-electron chi connectivity index (χ1n) is 26.6. The fourth-order valence-corrected chi connectivity index (χ4v) is 11.4.